The first-order valence-electron chi connectivity index (χ1n) is 10.1. The van der Waals surface area contributed by atoms with Crippen LogP contribution in [0.4, 0.5) is 0 Å². The highest BCUT2D eigenvalue weighted by Crippen LogP contribution is 2.23. The molecular formula is C19H39IN4OS. The van der Waals surface area contributed by atoms with Crippen LogP contribution in [0.15, 0.2) is 4.99 Å². The van der Waals surface area contributed by atoms with Gasteiger partial charge in [-0.1, -0.05) is 20.3 Å². The maximum absolute atomic E-state index is 12.1. The lowest BCUT2D eigenvalue weighted by Crippen LogP contribution is -2.51. The molecule has 1 aliphatic carbocycles. The van der Waals surface area contributed by atoms with Crippen molar-refractivity contribution in [3.8, 4) is 0 Å². The summed E-state index contributed by atoms with van der Waals surface area (Å²) in [7, 11) is 1.17. The van der Waals surface area contributed by atoms with Gasteiger partial charge in [-0.3, -0.25) is 14.1 Å². The zero-order valence-corrected chi connectivity index (χ0v) is 20.1. The Morgan fingerprint density at radius 3 is 2.58 bits per heavy atom. The van der Waals surface area contributed by atoms with Crippen molar-refractivity contribution in [3.05, 3.63) is 0 Å². The highest BCUT2D eigenvalue weighted by Gasteiger charge is 2.26. The lowest BCUT2D eigenvalue weighted by molar-refractivity contribution is 0.147. The van der Waals surface area contributed by atoms with Crippen LogP contribution < -0.4 is 10.6 Å². The van der Waals surface area contributed by atoms with Crippen molar-refractivity contribution in [1.82, 2.24) is 15.5 Å². The summed E-state index contributed by atoms with van der Waals surface area (Å²) in [6, 6.07) is 0.921. The molecular weight excluding hydrogens is 459 g/mol. The van der Waals surface area contributed by atoms with Crippen molar-refractivity contribution in [2.24, 2.45) is 10.9 Å². The lowest BCUT2D eigenvalue weighted by Gasteiger charge is -2.35. The molecule has 2 rings (SSSR count). The number of likely N-dealkylation sites (tertiary alicyclic amines) is 1. The topological polar surface area (TPSA) is 56.7 Å². The highest BCUT2D eigenvalue weighted by molar-refractivity contribution is 14.0. The average Bonchev–Trinajstić information content (AvgIpc) is 2.64. The predicted octanol–water partition coefficient (Wildman–Crippen LogP) is 2.97. The van der Waals surface area contributed by atoms with E-state index in [9.17, 15) is 4.21 Å². The Morgan fingerprint density at radius 1 is 1.27 bits per heavy atom. The number of hydrogen-bond acceptors (Lipinski definition) is 3. The molecule has 2 N–H and O–H groups in total. The third kappa shape index (κ3) is 7.62. The first-order chi connectivity index (χ1) is 12.0. The molecule has 0 aromatic carbocycles. The molecule has 154 valence electrons. The summed E-state index contributed by atoms with van der Waals surface area (Å²) in [6.45, 7) is 10.0. The van der Waals surface area contributed by atoms with Gasteiger partial charge in [0.25, 0.3) is 0 Å². The van der Waals surface area contributed by atoms with Gasteiger partial charge in [-0.15, -0.1) is 24.0 Å². The molecule has 1 aliphatic heterocycles. The van der Waals surface area contributed by atoms with Gasteiger partial charge >= 0.3 is 0 Å². The van der Waals surface area contributed by atoms with Crippen molar-refractivity contribution in [3.63, 3.8) is 0 Å². The zero-order chi connectivity index (χ0) is 18.2. The van der Waals surface area contributed by atoms with E-state index in [4.69, 9.17) is 0 Å². The van der Waals surface area contributed by atoms with Gasteiger partial charge in [0.1, 0.15) is 0 Å². The Labute approximate surface area is 180 Å². The van der Waals surface area contributed by atoms with Crippen molar-refractivity contribution in [1.29, 1.82) is 0 Å². The summed E-state index contributed by atoms with van der Waals surface area (Å²) < 4.78 is 12.1. The molecule has 2 aliphatic rings. The van der Waals surface area contributed by atoms with E-state index in [0.29, 0.717) is 17.3 Å². The molecule has 2 fully saturated rings. The summed E-state index contributed by atoms with van der Waals surface area (Å²) in [5.74, 6) is 2.54. The molecule has 0 bridgehead atoms. The maximum Gasteiger partial charge on any atom is 0.191 e. The maximum atomic E-state index is 12.1. The van der Waals surface area contributed by atoms with Gasteiger partial charge in [0, 0.05) is 47.5 Å². The lowest BCUT2D eigenvalue weighted by atomic mass is 9.95. The number of nitrogens with zero attached hydrogens (tertiary/aromatic N) is 2. The Kier molecular flexibility index (Phi) is 11.7. The van der Waals surface area contributed by atoms with Gasteiger partial charge in [0.05, 0.1) is 0 Å². The fourth-order valence-corrected chi connectivity index (χ4v) is 5.33. The first-order valence-corrected chi connectivity index (χ1v) is 11.5. The number of aliphatic imine (C=N–C) groups is 1. The zero-order valence-electron chi connectivity index (χ0n) is 17.0. The van der Waals surface area contributed by atoms with Gasteiger partial charge in [0.15, 0.2) is 5.96 Å². The van der Waals surface area contributed by atoms with Crippen LogP contribution in [0.5, 0.6) is 0 Å². The summed E-state index contributed by atoms with van der Waals surface area (Å²) in [6.07, 6.45) is 7.05. The Balaban J connectivity index is 0.00000338. The molecule has 26 heavy (non-hydrogen) atoms. The van der Waals surface area contributed by atoms with Crippen LogP contribution in [-0.4, -0.2) is 64.8 Å². The van der Waals surface area contributed by atoms with Crippen molar-refractivity contribution >= 4 is 40.7 Å². The quantitative estimate of drug-likeness (QED) is 0.336. The monoisotopic (exact) mass is 498 g/mol. The second-order valence-corrected chi connectivity index (χ2v) is 9.83. The van der Waals surface area contributed by atoms with Gasteiger partial charge in [-0.25, -0.2) is 0 Å². The van der Waals surface area contributed by atoms with Crippen molar-refractivity contribution in [2.45, 2.75) is 76.6 Å². The second kappa shape index (κ2) is 12.5. The van der Waals surface area contributed by atoms with E-state index < -0.39 is 10.8 Å². The number of guanidine groups is 1. The molecule has 4 atom stereocenters. The fourth-order valence-electron chi connectivity index (χ4n) is 3.98. The van der Waals surface area contributed by atoms with E-state index in [0.717, 1.165) is 49.9 Å². The predicted molar refractivity (Wildman–Crippen MR) is 124 cm³/mol. The molecule has 5 nitrogen and oxygen atoms in total. The Bertz CT molecular complexity index is 455. The average molecular weight is 499 g/mol. The summed E-state index contributed by atoms with van der Waals surface area (Å²) >= 11 is 0. The molecule has 1 saturated carbocycles. The van der Waals surface area contributed by atoms with Crippen LogP contribution in [0, 0.1) is 5.92 Å². The van der Waals surface area contributed by atoms with E-state index in [-0.39, 0.29) is 24.0 Å². The Hall–Kier alpha value is 0.110. The van der Waals surface area contributed by atoms with Crippen LogP contribution in [0.1, 0.15) is 59.3 Å². The summed E-state index contributed by atoms with van der Waals surface area (Å²) in [5.41, 5.74) is 0. The van der Waals surface area contributed by atoms with E-state index in [1.807, 2.05) is 14.0 Å². The fraction of sp³-hybridized carbons (Fsp3) is 0.947. The van der Waals surface area contributed by atoms with Gasteiger partial charge in [-0.05, 0) is 58.0 Å². The van der Waals surface area contributed by atoms with Crippen LogP contribution >= 0.6 is 24.0 Å². The van der Waals surface area contributed by atoms with Crippen LogP contribution in [0.2, 0.25) is 0 Å². The molecule has 0 aromatic heterocycles. The van der Waals surface area contributed by atoms with Gasteiger partial charge in [-0.2, -0.15) is 0 Å². The molecule has 4 unspecified atom stereocenters. The summed E-state index contributed by atoms with van der Waals surface area (Å²) in [4.78, 5) is 6.99. The smallest absolute Gasteiger partial charge is 0.191 e. The van der Waals surface area contributed by atoms with Crippen LogP contribution in [0.25, 0.3) is 0 Å². The van der Waals surface area contributed by atoms with Gasteiger partial charge in [0.2, 0.25) is 0 Å². The van der Waals surface area contributed by atoms with E-state index in [1.165, 1.54) is 25.9 Å². The molecule has 1 saturated heterocycles. The van der Waals surface area contributed by atoms with Gasteiger partial charge < -0.3 is 10.6 Å². The normalized spacial score (nSPS) is 28.1. The number of nitrogens with one attached hydrogen (secondary N) is 2. The van der Waals surface area contributed by atoms with Crippen molar-refractivity contribution < 1.29 is 4.21 Å². The van der Waals surface area contributed by atoms with E-state index in [1.54, 1.807) is 0 Å². The van der Waals surface area contributed by atoms with E-state index >= 15 is 0 Å². The SMILES string of the molecule is CCS(=O)C1CCCC(NC(=NC)NCC(C)N2CCC(C)CC2)C1.I. The number of hydrogen-bond donors (Lipinski definition) is 2. The standard InChI is InChI=1S/C19H38N4OS.HI/c1-5-25(24)18-8-6-7-17(13-18)22-19(20-4)21-14-16(3)23-11-9-15(2)10-12-23;/h15-18H,5-14H2,1-4H3,(H2,20,21,22);1H. The second-order valence-electron chi connectivity index (χ2n) is 7.82. The molecule has 0 radical (unpaired) electrons. The third-order valence-electron chi connectivity index (χ3n) is 5.85. The molecule has 0 spiro atoms. The minimum absolute atomic E-state index is 0. The summed E-state index contributed by atoms with van der Waals surface area (Å²) in [5, 5.41) is 7.42. The third-order valence-corrected chi connectivity index (χ3v) is 7.59. The van der Waals surface area contributed by atoms with E-state index in [2.05, 4.69) is 34.4 Å². The number of halogens is 1. The molecule has 0 aromatic rings. The molecule has 7 heteroatoms. The highest BCUT2D eigenvalue weighted by atomic mass is 127. The Morgan fingerprint density at radius 2 is 1.96 bits per heavy atom. The first kappa shape index (κ1) is 24.1. The van der Waals surface area contributed by atoms with Crippen LogP contribution in [0.3, 0.4) is 0 Å². The minimum Gasteiger partial charge on any atom is -0.355 e. The van der Waals surface area contributed by atoms with Crippen molar-refractivity contribution in [2.75, 3.05) is 32.4 Å². The largest absolute Gasteiger partial charge is 0.355 e. The molecule has 1 heterocycles. The number of rotatable bonds is 6. The van der Waals surface area contributed by atoms with Crippen LogP contribution in [-0.2, 0) is 10.8 Å². The minimum atomic E-state index is -0.675. The molecule has 0 amide bonds. The number of piperidine rings is 1.